The van der Waals surface area contributed by atoms with Gasteiger partial charge in [-0.15, -0.1) is 15.6 Å². The van der Waals surface area contributed by atoms with Crippen LogP contribution in [0.2, 0.25) is 0 Å². The van der Waals surface area contributed by atoms with Crippen molar-refractivity contribution in [3.8, 4) is 11.3 Å². The Labute approximate surface area is 198 Å². The zero-order chi connectivity index (χ0) is 24.0. The fraction of sp³-hybridized carbons (Fsp3) is 0.182. The van der Waals surface area contributed by atoms with Gasteiger partial charge in [-0.3, -0.25) is 9.59 Å². The molecule has 0 aliphatic carbocycles. The number of esters is 1. The molecular formula is C22H22N4O5S2. The summed E-state index contributed by atoms with van der Waals surface area (Å²) in [5.74, 6) is -1.35. The number of aromatic nitrogens is 1. The Morgan fingerprint density at radius 2 is 1.85 bits per heavy atom. The van der Waals surface area contributed by atoms with Crippen LogP contribution in [0.1, 0.15) is 20.7 Å². The minimum absolute atomic E-state index is 0.257. The fourth-order valence-electron chi connectivity index (χ4n) is 2.77. The first kappa shape index (κ1) is 24.4. The van der Waals surface area contributed by atoms with E-state index in [1.807, 2.05) is 0 Å². The van der Waals surface area contributed by atoms with Gasteiger partial charge in [-0.2, -0.15) is 0 Å². The number of carbonyl (C=O) groups is 3. The van der Waals surface area contributed by atoms with Gasteiger partial charge in [0.2, 0.25) is 5.91 Å². The van der Waals surface area contributed by atoms with Gasteiger partial charge in [0.25, 0.3) is 5.91 Å². The van der Waals surface area contributed by atoms with Gasteiger partial charge in [0.05, 0.1) is 36.3 Å². The normalized spacial score (nSPS) is 11.7. The summed E-state index contributed by atoms with van der Waals surface area (Å²) in [4.78, 5) is 41.2. The molecule has 0 aliphatic heterocycles. The SMILES string of the molecule is COC(=O)c1cccc(-c2csc(NC(=O)CNC(=O)c3cccc([S+]([O-])N(C)C)c3)n2)c1. The molecule has 33 heavy (non-hydrogen) atoms. The molecule has 0 saturated heterocycles. The maximum atomic E-state index is 12.4. The number of methoxy groups -OCH3 is 1. The van der Waals surface area contributed by atoms with Gasteiger partial charge in [-0.05, 0) is 24.3 Å². The van der Waals surface area contributed by atoms with E-state index in [9.17, 15) is 18.9 Å². The summed E-state index contributed by atoms with van der Waals surface area (Å²) in [6, 6.07) is 13.2. The third-order valence-corrected chi connectivity index (χ3v) is 6.45. The van der Waals surface area contributed by atoms with E-state index in [-0.39, 0.29) is 6.54 Å². The monoisotopic (exact) mass is 486 g/mol. The molecule has 3 rings (SSSR count). The number of ether oxygens (including phenoxy) is 1. The minimum atomic E-state index is -1.38. The van der Waals surface area contributed by atoms with E-state index >= 15 is 0 Å². The van der Waals surface area contributed by atoms with E-state index < -0.39 is 29.1 Å². The van der Waals surface area contributed by atoms with Crippen LogP contribution < -0.4 is 10.6 Å². The molecule has 0 spiro atoms. The quantitative estimate of drug-likeness (QED) is 0.370. The molecule has 172 valence electrons. The molecule has 1 unspecified atom stereocenters. The number of rotatable bonds is 8. The van der Waals surface area contributed by atoms with E-state index in [2.05, 4.69) is 15.6 Å². The first-order valence-corrected chi connectivity index (χ1v) is 11.7. The molecule has 0 fully saturated rings. The van der Waals surface area contributed by atoms with Gasteiger partial charge in [0.15, 0.2) is 10.0 Å². The smallest absolute Gasteiger partial charge is 0.337 e. The second-order valence-corrected chi connectivity index (χ2v) is 9.49. The number of hydrogen-bond donors (Lipinski definition) is 2. The number of amides is 2. The standard InChI is InChI=1S/C22H22N4O5S2/c1-26(2)33(30)17-9-5-7-15(11-17)20(28)23-12-19(27)25-22-24-18(13-32-22)14-6-4-8-16(10-14)21(29)31-3/h4-11,13H,12H2,1-3H3,(H,23,28)(H,24,25,27). The number of nitrogens with zero attached hydrogens (tertiary/aromatic N) is 2. The van der Waals surface area contributed by atoms with Gasteiger partial charge in [-0.1, -0.05) is 18.2 Å². The molecular weight excluding hydrogens is 464 g/mol. The largest absolute Gasteiger partial charge is 0.593 e. The van der Waals surface area contributed by atoms with Crippen molar-refractivity contribution in [3.63, 3.8) is 0 Å². The zero-order valence-corrected chi connectivity index (χ0v) is 19.8. The molecule has 1 atom stereocenters. The number of thiazole rings is 1. The first-order valence-electron chi connectivity index (χ1n) is 9.70. The molecule has 1 aromatic heterocycles. The van der Waals surface area contributed by atoms with Crippen molar-refractivity contribution in [2.75, 3.05) is 33.1 Å². The number of hydrogen-bond acceptors (Lipinski definition) is 8. The average molecular weight is 487 g/mol. The highest BCUT2D eigenvalue weighted by atomic mass is 32.2. The fourth-order valence-corrected chi connectivity index (χ4v) is 4.35. The van der Waals surface area contributed by atoms with E-state index in [4.69, 9.17) is 4.74 Å². The van der Waals surface area contributed by atoms with Gasteiger partial charge >= 0.3 is 5.97 Å². The van der Waals surface area contributed by atoms with Crippen LogP contribution in [-0.4, -0.2) is 59.4 Å². The van der Waals surface area contributed by atoms with Crippen molar-refractivity contribution in [1.82, 2.24) is 14.6 Å². The summed E-state index contributed by atoms with van der Waals surface area (Å²) in [5.41, 5.74) is 2.00. The van der Waals surface area contributed by atoms with Crippen molar-refractivity contribution in [2.45, 2.75) is 4.90 Å². The Hall–Kier alpha value is -3.25. The number of benzene rings is 2. The van der Waals surface area contributed by atoms with Crippen molar-refractivity contribution in [1.29, 1.82) is 0 Å². The molecule has 11 heteroatoms. The second kappa shape index (κ2) is 11.1. The van der Waals surface area contributed by atoms with Crippen LogP contribution in [0.15, 0.2) is 58.8 Å². The van der Waals surface area contributed by atoms with Crippen LogP contribution in [0.4, 0.5) is 5.13 Å². The summed E-state index contributed by atoms with van der Waals surface area (Å²) in [5, 5.41) is 7.29. The zero-order valence-electron chi connectivity index (χ0n) is 18.2. The van der Waals surface area contributed by atoms with Crippen LogP contribution in [0.5, 0.6) is 0 Å². The van der Waals surface area contributed by atoms with E-state index in [0.29, 0.717) is 32.4 Å². The van der Waals surface area contributed by atoms with Crippen LogP contribution in [-0.2, 0) is 20.9 Å². The van der Waals surface area contributed by atoms with Crippen molar-refractivity contribution in [2.24, 2.45) is 0 Å². The lowest BCUT2D eigenvalue weighted by Gasteiger charge is -2.15. The molecule has 0 saturated carbocycles. The summed E-state index contributed by atoms with van der Waals surface area (Å²) in [6.45, 7) is -0.257. The van der Waals surface area contributed by atoms with Crippen molar-refractivity contribution < 1.29 is 23.7 Å². The van der Waals surface area contributed by atoms with Gasteiger partial charge in [0, 0.05) is 36.7 Å². The Bertz CT molecular complexity index is 1160. The van der Waals surface area contributed by atoms with E-state index in [1.54, 1.807) is 61.9 Å². The Morgan fingerprint density at radius 1 is 1.12 bits per heavy atom. The molecule has 0 aliphatic rings. The Morgan fingerprint density at radius 3 is 2.58 bits per heavy atom. The summed E-state index contributed by atoms with van der Waals surface area (Å²) in [6.07, 6.45) is 0. The molecule has 0 radical (unpaired) electrons. The van der Waals surface area contributed by atoms with Gasteiger partial charge < -0.3 is 19.9 Å². The lowest BCUT2D eigenvalue weighted by atomic mass is 10.1. The summed E-state index contributed by atoms with van der Waals surface area (Å²) in [7, 11) is 4.66. The average Bonchev–Trinajstić information content (AvgIpc) is 3.30. The van der Waals surface area contributed by atoms with Gasteiger partial charge in [0.1, 0.15) is 0 Å². The molecule has 3 aromatic rings. The van der Waals surface area contributed by atoms with Crippen LogP contribution in [0, 0.1) is 0 Å². The maximum Gasteiger partial charge on any atom is 0.337 e. The number of nitrogens with one attached hydrogen (secondary N) is 2. The molecule has 9 nitrogen and oxygen atoms in total. The predicted octanol–water partition coefficient (Wildman–Crippen LogP) is 2.55. The van der Waals surface area contributed by atoms with Crippen LogP contribution in [0.25, 0.3) is 11.3 Å². The predicted molar refractivity (Wildman–Crippen MR) is 126 cm³/mol. The molecule has 2 aromatic carbocycles. The third kappa shape index (κ3) is 6.39. The van der Waals surface area contributed by atoms with Crippen molar-refractivity contribution in [3.05, 3.63) is 65.0 Å². The minimum Gasteiger partial charge on any atom is -0.593 e. The Balaban J connectivity index is 1.58. The number of anilines is 1. The van der Waals surface area contributed by atoms with Crippen molar-refractivity contribution >= 4 is 45.6 Å². The lowest BCUT2D eigenvalue weighted by molar-refractivity contribution is -0.115. The highest BCUT2D eigenvalue weighted by Gasteiger charge is 2.17. The van der Waals surface area contributed by atoms with E-state index in [1.165, 1.54) is 28.8 Å². The molecule has 2 amide bonds. The maximum absolute atomic E-state index is 12.4. The summed E-state index contributed by atoms with van der Waals surface area (Å²) >= 11 is -0.157. The lowest BCUT2D eigenvalue weighted by Crippen LogP contribution is -2.33. The number of carbonyl (C=O) groups excluding carboxylic acids is 3. The molecule has 1 heterocycles. The summed E-state index contributed by atoms with van der Waals surface area (Å²) < 4.78 is 18.4. The van der Waals surface area contributed by atoms with Crippen LogP contribution >= 0.6 is 11.3 Å². The topological polar surface area (TPSA) is 124 Å². The van der Waals surface area contributed by atoms with Gasteiger partial charge in [-0.25, -0.2) is 9.78 Å². The highest BCUT2D eigenvalue weighted by Crippen LogP contribution is 2.25. The molecule has 0 bridgehead atoms. The third-order valence-electron chi connectivity index (χ3n) is 4.37. The second-order valence-electron chi connectivity index (χ2n) is 6.93. The first-order chi connectivity index (χ1) is 15.8. The van der Waals surface area contributed by atoms with E-state index in [0.717, 1.165) is 0 Å². The molecule has 2 N–H and O–H groups in total. The Kier molecular flexibility index (Phi) is 8.17. The van der Waals surface area contributed by atoms with Crippen LogP contribution in [0.3, 0.4) is 0 Å². The highest BCUT2D eigenvalue weighted by molar-refractivity contribution is 7.89.